The number of aromatic hydroxyl groups is 1. The molecule has 1 heterocycles. The fraction of sp³-hybridized carbons (Fsp3) is 0.360. The summed E-state index contributed by atoms with van der Waals surface area (Å²) in [6.07, 6.45) is -1.55. The molecule has 0 fully saturated rings. The van der Waals surface area contributed by atoms with Gasteiger partial charge in [0.05, 0.1) is 5.02 Å². The quantitative estimate of drug-likeness (QED) is 0.384. The van der Waals surface area contributed by atoms with Crippen molar-refractivity contribution >= 4 is 17.5 Å². The minimum absolute atomic E-state index is 0.0938. The van der Waals surface area contributed by atoms with E-state index in [0.717, 1.165) is 33.1 Å². The molecule has 0 unspecified atom stereocenters. The summed E-state index contributed by atoms with van der Waals surface area (Å²) in [6, 6.07) is 11.8. The van der Waals surface area contributed by atoms with Crippen LogP contribution in [0.15, 0.2) is 42.5 Å². The zero-order valence-electron chi connectivity index (χ0n) is 19.6. The van der Waals surface area contributed by atoms with E-state index in [4.69, 9.17) is 11.6 Å². The van der Waals surface area contributed by atoms with Crippen LogP contribution in [0.2, 0.25) is 5.02 Å². The molecule has 186 valence electrons. The second-order valence-corrected chi connectivity index (χ2v) is 9.11. The molecule has 0 aliphatic rings. The average molecular weight is 507 g/mol. The Morgan fingerprint density at radius 1 is 1.00 bits per heavy atom. The first-order valence-electron chi connectivity index (χ1n) is 11.1. The zero-order valence-corrected chi connectivity index (χ0v) is 20.3. The Balaban J connectivity index is 1.86. The van der Waals surface area contributed by atoms with Crippen LogP contribution >= 0.6 is 11.6 Å². The lowest BCUT2D eigenvalue weighted by Crippen LogP contribution is -2.46. The fourth-order valence-corrected chi connectivity index (χ4v) is 3.40. The molecule has 0 aliphatic heterocycles. The maximum atomic E-state index is 13.1. The van der Waals surface area contributed by atoms with E-state index in [9.17, 15) is 23.1 Å². The van der Waals surface area contributed by atoms with Crippen LogP contribution in [0.25, 0.3) is 22.8 Å². The number of unbranched alkanes of at least 4 members (excludes halogenated alkanes) is 1. The van der Waals surface area contributed by atoms with E-state index in [1.807, 2.05) is 24.3 Å². The molecule has 0 atom stereocenters. The molecule has 3 aromatic rings. The Kier molecular flexibility index (Phi) is 8.00. The van der Waals surface area contributed by atoms with Gasteiger partial charge in [-0.1, -0.05) is 55.3 Å². The first-order chi connectivity index (χ1) is 16.4. The number of rotatable bonds is 8. The number of aromatic nitrogens is 3. The van der Waals surface area contributed by atoms with Crippen molar-refractivity contribution in [1.29, 1.82) is 0 Å². The van der Waals surface area contributed by atoms with Crippen LogP contribution in [0.1, 0.15) is 44.7 Å². The summed E-state index contributed by atoms with van der Waals surface area (Å²) in [4.78, 5) is 24.5. The monoisotopic (exact) mass is 506 g/mol. The van der Waals surface area contributed by atoms with E-state index >= 15 is 0 Å². The van der Waals surface area contributed by atoms with Crippen LogP contribution < -0.4 is 5.32 Å². The highest BCUT2D eigenvalue weighted by molar-refractivity contribution is 6.33. The molecule has 0 bridgehead atoms. The van der Waals surface area contributed by atoms with Crippen LogP contribution in [0.5, 0.6) is 6.01 Å². The summed E-state index contributed by atoms with van der Waals surface area (Å²) >= 11 is 6.33. The van der Waals surface area contributed by atoms with Crippen molar-refractivity contribution in [3.05, 3.63) is 58.6 Å². The minimum atomic E-state index is -4.69. The Hall–Kier alpha value is -3.20. The Morgan fingerprint density at radius 3 is 2.26 bits per heavy atom. The summed E-state index contributed by atoms with van der Waals surface area (Å²) in [5, 5.41) is 12.7. The number of nitrogens with one attached hydrogen (secondary N) is 1. The number of carbonyl (C=O) groups is 1. The number of carbonyl (C=O) groups excluding carboxylic acids is 1. The van der Waals surface area contributed by atoms with Crippen LogP contribution in [0.4, 0.5) is 13.2 Å². The van der Waals surface area contributed by atoms with E-state index in [0.29, 0.717) is 16.7 Å². The highest BCUT2D eigenvalue weighted by Gasteiger charge is 2.52. The Bertz CT molecular complexity index is 1200. The number of hydrogen-bond acceptors (Lipinski definition) is 5. The first kappa shape index (κ1) is 26.4. The highest BCUT2D eigenvalue weighted by atomic mass is 35.5. The van der Waals surface area contributed by atoms with Gasteiger partial charge < -0.3 is 10.4 Å². The molecule has 1 aromatic heterocycles. The average Bonchev–Trinajstić information content (AvgIpc) is 2.81. The van der Waals surface area contributed by atoms with Gasteiger partial charge in [-0.15, -0.1) is 0 Å². The lowest BCUT2D eigenvalue weighted by atomic mass is 9.91. The molecular weight excluding hydrogens is 481 g/mol. The number of hydrogen-bond donors (Lipinski definition) is 2. The van der Waals surface area contributed by atoms with Crippen molar-refractivity contribution in [2.75, 3.05) is 0 Å². The van der Waals surface area contributed by atoms with Crippen molar-refractivity contribution in [2.45, 2.75) is 52.8 Å². The molecule has 10 heteroatoms. The molecule has 2 aromatic carbocycles. The molecule has 1 amide bonds. The molecule has 0 radical (unpaired) electrons. The van der Waals surface area contributed by atoms with Crippen LogP contribution in [-0.2, 0) is 17.8 Å². The van der Waals surface area contributed by atoms with E-state index in [2.05, 4.69) is 27.2 Å². The van der Waals surface area contributed by atoms with Gasteiger partial charge in [0.1, 0.15) is 5.41 Å². The van der Waals surface area contributed by atoms with Gasteiger partial charge >= 0.3 is 12.2 Å². The van der Waals surface area contributed by atoms with Gasteiger partial charge in [0.2, 0.25) is 5.91 Å². The SMILES string of the molecule is CCCCc1ccc(-c2nc(O)nc(-c3cc(CNC(=O)C(C)(C)C(F)(F)F)ccc3Cl)n2)cc1. The van der Waals surface area contributed by atoms with Crippen LogP contribution in [0, 0.1) is 5.41 Å². The van der Waals surface area contributed by atoms with Crippen molar-refractivity contribution in [1.82, 2.24) is 20.3 Å². The molecule has 0 saturated heterocycles. The predicted octanol–water partition coefficient (Wildman–Crippen LogP) is 6.11. The van der Waals surface area contributed by atoms with Crippen molar-refractivity contribution < 1.29 is 23.1 Å². The van der Waals surface area contributed by atoms with Gasteiger partial charge in [0.25, 0.3) is 0 Å². The maximum Gasteiger partial charge on any atom is 0.402 e. The summed E-state index contributed by atoms with van der Waals surface area (Å²) in [5.41, 5.74) is 0.145. The van der Waals surface area contributed by atoms with Crippen LogP contribution in [0.3, 0.4) is 0 Å². The van der Waals surface area contributed by atoms with E-state index in [1.54, 1.807) is 12.1 Å². The molecule has 6 nitrogen and oxygen atoms in total. The van der Waals surface area contributed by atoms with Crippen molar-refractivity contribution in [3.63, 3.8) is 0 Å². The molecular formula is C25H26ClF3N4O2. The van der Waals surface area contributed by atoms with Gasteiger partial charge in [0.15, 0.2) is 11.6 Å². The van der Waals surface area contributed by atoms with Gasteiger partial charge in [-0.2, -0.15) is 23.1 Å². The van der Waals surface area contributed by atoms with Crippen LogP contribution in [-0.4, -0.2) is 32.1 Å². The van der Waals surface area contributed by atoms with Gasteiger partial charge in [0, 0.05) is 17.7 Å². The lowest BCUT2D eigenvalue weighted by Gasteiger charge is -2.26. The Morgan fingerprint density at radius 2 is 1.63 bits per heavy atom. The third-order valence-corrected chi connectivity index (χ3v) is 5.99. The Labute approximate surface area is 206 Å². The second-order valence-electron chi connectivity index (χ2n) is 8.70. The van der Waals surface area contributed by atoms with Crippen molar-refractivity contribution in [3.8, 4) is 28.8 Å². The molecule has 0 spiro atoms. The van der Waals surface area contributed by atoms with E-state index < -0.39 is 23.5 Å². The topological polar surface area (TPSA) is 88.0 Å². The number of nitrogens with zero attached hydrogens (tertiary/aromatic N) is 3. The summed E-state index contributed by atoms with van der Waals surface area (Å²) in [6.45, 7) is 3.61. The summed E-state index contributed by atoms with van der Waals surface area (Å²) in [5.74, 6) is -0.809. The minimum Gasteiger partial charge on any atom is -0.479 e. The molecule has 0 saturated carbocycles. The van der Waals surface area contributed by atoms with Gasteiger partial charge in [-0.3, -0.25) is 4.79 Å². The fourth-order valence-electron chi connectivity index (χ4n) is 3.20. The summed E-state index contributed by atoms with van der Waals surface area (Å²) < 4.78 is 39.3. The van der Waals surface area contributed by atoms with E-state index in [1.165, 1.54) is 11.6 Å². The normalized spacial score (nSPS) is 12.0. The smallest absolute Gasteiger partial charge is 0.402 e. The van der Waals surface area contributed by atoms with Crippen molar-refractivity contribution in [2.24, 2.45) is 5.41 Å². The molecule has 2 N–H and O–H groups in total. The third-order valence-electron chi connectivity index (χ3n) is 5.66. The van der Waals surface area contributed by atoms with Gasteiger partial charge in [-0.25, -0.2) is 4.98 Å². The lowest BCUT2D eigenvalue weighted by molar-refractivity contribution is -0.211. The number of aryl methyl sites for hydroxylation is 1. The number of benzene rings is 2. The largest absolute Gasteiger partial charge is 0.479 e. The highest BCUT2D eigenvalue weighted by Crippen LogP contribution is 2.37. The summed E-state index contributed by atoms with van der Waals surface area (Å²) in [7, 11) is 0. The predicted molar refractivity (Wildman–Crippen MR) is 128 cm³/mol. The van der Waals surface area contributed by atoms with E-state index in [-0.39, 0.29) is 23.2 Å². The number of amides is 1. The standard InChI is InChI=1S/C25H26ClF3N4O2/c1-4-5-6-15-7-10-17(11-8-15)20-31-21(33-23(35)32-20)18-13-16(9-12-19(18)26)14-30-22(34)24(2,3)25(27,28)29/h7-13H,4-6,14H2,1-3H3,(H,30,34)(H,31,32,33,35). The third kappa shape index (κ3) is 6.28. The molecule has 35 heavy (non-hydrogen) atoms. The van der Waals surface area contributed by atoms with Gasteiger partial charge in [-0.05, 0) is 49.9 Å². The number of alkyl halides is 3. The first-order valence-corrected chi connectivity index (χ1v) is 11.5. The zero-order chi connectivity index (χ0) is 25.8. The molecule has 3 rings (SSSR count). The maximum absolute atomic E-state index is 13.1. The molecule has 0 aliphatic carbocycles. The second kappa shape index (κ2) is 10.6. The number of halogens is 4.